The Morgan fingerprint density at radius 2 is 1.92 bits per heavy atom. The van der Waals surface area contributed by atoms with E-state index in [2.05, 4.69) is 47.0 Å². The third kappa shape index (κ3) is 6.51. The van der Waals surface area contributed by atoms with E-state index in [-0.39, 0.29) is 41.3 Å². The van der Waals surface area contributed by atoms with E-state index in [0.29, 0.717) is 12.5 Å². The van der Waals surface area contributed by atoms with E-state index < -0.39 is 0 Å². The van der Waals surface area contributed by atoms with Gasteiger partial charge in [-0.1, -0.05) is 32.0 Å². The molecule has 1 heterocycles. The predicted molar refractivity (Wildman–Crippen MR) is 118 cm³/mol. The highest BCUT2D eigenvalue weighted by molar-refractivity contribution is 14.0. The van der Waals surface area contributed by atoms with Crippen molar-refractivity contribution in [1.82, 2.24) is 10.6 Å². The van der Waals surface area contributed by atoms with E-state index in [0.717, 1.165) is 12.1 Å². The van der Waals surface area contributed by atoms with Crippen LogP contribution in [0, 0.1) is 5.82 Å². The van der Waals surface area contributed by atoms with Gasteiger partial charge in [0.15, 0.2) is 5.96 Å². The lowest BCUT2D eigenvalue weighted by Crippen LogP contribution is -2.44. The monoisotopic (exact) mass is 491 g/mol. The van der Waals surface area contributed by atoms with Gasteiger partial charge in [0.25, 0.3) is 0 Å². The Bertz CT molecular complexity index is 675. The normalized spacial score (nSPS) is 13.0. The third-order valence-corrected chi connectivity index (χ3v) is 5.33. The highest BCUT2D eigenvalue weighted by atomic mass is 127. The Labute approximate surface area is 176 Å². The van der Waals surface area contributed by atoms with Gasteiger partial charge in [-0.3, -0.25) is 4.99 Å². The molecule has 4 nitrogen and oxygen atoms in total. The lowest BCUT2D eigenvalue weighted by molar-refractivity contribution is 0.106. The average Bonchev–Trinajstić information content (AvgIpc) is 3.15. The number of ether oxygens (including phenoxy) is 1. The second-order valence-corrected chi connectivity index (χ2v) is 7.39. The molecule has 0 amide bonds. The van der Waals surface area contributed by atoms with Crippen LogP contribution >= 0.6 is 35.3 Å². The standard InChI is InChI=1S/C19H26FN3OS.HI/c1-19(2,17-6-5-11-25-17)13-23-18(21-3)22-12-16(24-4)14-7-9-15(20)10-8-14;/h5-11,16H,12-13H2,1-4H3,(H2,21,22,23);1H. The maximum Gasteiger partial charge on any atom is 0.191 e. The SMILES string of the molecule is CN=C(NCC(OC)c1ccc(F)cc1)NCC(C)(C)c1cccs1.I. The number of rotatable bonds is 7. The summed E-state index contributed by atoms with van der Waals surface area (Å²) in [6.45, 7) is 5.72. The summed E-state index contributed by atoms with van der Waals surface area (Å²) in [5, 5.41) is 8.74. The van der Waals surface area contributed by atoms with Crippen LogP contribution in [0.15, 0.2) is 46.8 Å². The molecule has 2 N–H and O–H groups in total. The number of halogens is 2. The highest BCUT2D eigenvalue weighted by Crippen LogP contribution is 2.26. The lowest BCUT2D eigenvalue weighted by atomic mass is 9.91. The summed E-state index contributed by atoms with van der Waals surface area (Å²) < 4.78 is 18.6. The largest absolute Gasteiger partial charge is 0.375 e. The fourth-order valence-corrected chi connectivity index (χ4v) is 3.33. The fraction of sp³-hybridized carbons (Fsp3) is 0.421. The van der Waals surface area contributed by atoms with Crippen LogP contribution in [0.4, 0.5) is 4.39 Å². The smallest absolute Gasteiger partial charge is 0.191 e. The first-order chi connectivity index (χ1) is 12.0. The molecule has 1 atom stereocenters. The van der Waals surface area contributed by atoms with Crippen molar-refractivity contribution in [2.24, 2.45) is 4.99 Å². The number of hydrogen-bond acceptors (Lipinski definition) is 3. The van der Waals surface area contributed by atoms with Crippen molar-refractivity contribution in [3.05, 3.63) is 58.0 Å². The maximum atomic E-state index is 13.1. The Morgan fingerprint density at radius 3 is 2.46 bits per heavy atom. The van der Waals surface area contributed by atoms with E-state index in [4.69, 9.17) is 4.74 Å². The Balaban J connectivity index is 0.00000338. The number of benzene rings is 1. The van der Waals surface area contributed by atoms with Crippen molar-refractivity contribution in [2.45, 2.75) is 25.4 Å². The van der Waals surface area contributed by atoms with Crippen molar-refractivity contribution in [1.29, 1.82) is 0 Å². The van der Waals surface area contributed by atoms with Crippen molar-refractivity contribution in [3.8, 4) is 0 Å². The minimum Gasteiger partial charge on any atom is -0.375 e. The van der Waals surface area contributed by atoms with Crippen LogP contribution < -0.4 is 10.6 Å². The second-order valence-electron chi connectivity index (χ2n) is 6.44. The molecule has 2 rings (SSSR count). The molecule has 26 heavy (non-hydrogen) atoms. The fourth-order valence-electron chi connectivity index (χ4n) is 2.48. The minimum atomic E-state index is -0.250. The van der Waals surface area contributed by atoms with Gasteiger partial charge in [0.05, 0.1) is 6.10 Å². The summed E-state index contributed by atoms with van der Waals surface area (Å²) >= 11 is 1.76. The van der Waals surface area contributed by atoms with Crippen LogP contribution in [-0.2, 0) is 10.2 Å². The Morgan fingerprint density at radius 1 is 1.23 bits per heavy atom. The van der Waals surface area contributed by atoms with Gasteiger partial charge in [0, 0.05) is 37.5 Å². The summed E-state index contributed by atoms with van der Waals surface area (Å²) in [7, 11) is 3.39. The number of nitrogens with zero attached hydrogens (tertiary/aromatic N) is 1. The number of methoxy groups -OCH3 is 1. The van der Waals surface area contributed by atoms with Crippen molar-refractivity contribution < 1.29 is 9.13 Å². The van der Waals surface area contributed by atoms with E-state index in [1.165, 1.54) is 17.0 Å². The molecule has 0 aliphatic heterocycles. The molecule has 0 aliphatic carbocycles. The van der Waals surface area contributed by atoms with Crippen LogP contribution in [0.1, 0.15) is 30.4 Å². The first kappa shape index (κ1) is 22.9. The zero-order valence-corrected chi connectivity index (χ0v) is 18.7. The van der Waals surface area contributed by atoms with Crippen molar-refractivity contribution in [3.63, 3.8) is 0 Å². The second kappa shape index (κ2) is 10.8. The summed E-state index contributed by atoms with van der Waals surface area (Å²) in [5.74, 6) is 0.466. The summed E-state index contributed by atoms with van der Waals surface area (Å²) in [6, 6.07) is 10.6. The number of aliphatic imine (C=N–C) groups is 1. The van der Waals surface area contributed by atoms with Gasteiger partial charge >= 0.3 is 0 Å². The average molecular weight is 491 g/mol. The lowest BCUT2D eigenvalue weighted by Gasteiger charge is -2.25. The molecule has 1 aromatic heterocycles. The quantitative estimate of drug-likeness (QED) is 0.344. The number of guanidine groups is 1. The Hall–Kier alpha value is -1.19. The van der Waals surface area contributed by atoms with Gasteiger partial charge in [-0.15, -0.1) is 35.3 Å². The molecule has 0 saturated heterocycles. The molecule has 0 spiro atoms. The molecule has 144 valence electrons. The molecule has 0 fully saturated rings. The molecule has 2 aromatic rings. The predicted octanol–water partition coefficient (Wildman–Crippen LogP) is 4.34. The minimum absolute atomic E-state index is 0. The molecule has 0 bridgehead atoms. The van der Waals surface area contributed by atoms with Gasteiger partial charge in [0.2, 0.25) is 0 Å². The van der Waals surface area contributed by atoms with Crippen molar-refractivity contribution >= 4 is 41.3 Å². The summed E-state index contributed by atoms with van der Waals surface area (Å²) in [4.78, 5) is 5.60. The van der Waals surface area contributed by atoms with E-state index in [1.54, 1.807) is 37.6 Å². The van der Waals surface area contributed by atoms with E-state index in [9.17, 15) is 4.39 Å². The Kier molecular flexibility index (Phi) is 9.52. The van der Waals surface area contributed by atoms with Gasteiger partial charge < -0.3 is 15.4 Å². The summed E-state index contributed by atoms with van der Waals surface area (Å²) in [6.07, 6.45) is -0.176. The molecule has 0 radical (unpaired) electrons. The maximum absolute atomic E-state index is 13.1. The third-order valence-electron chi connectivity index (χ3n) is 4.09. The first-order valence-electron chi connectivity index (χ1n) is 8.23. The topological polar surface area (TPSA) is 45.7 Å². The molecule has 0 saturated carbocycles. The zero-order valence-electron chi connectivity index (χ0n) is 15.6. The molecule has 1 unspecified atom stereocenters. The van der Waals surface area contributed by atoms with Crippen LogP contribution in [0.5, 0.6) is 0 Å². The van der Waals surface area contributed by atoms with Gasteiger partial charge in [0.1, 0.15) is 5.82 Å². The van der Waals surface area contributed by atoms with Crippen molar-refractivity contribution in [2.75, 3.05) is 27.2 Å². The number of thiophene rings is 1. The molecule has 1 aromatic carbocycles. The van der Waals surface area contributed by atoms with Crippen LogP contribution in [0.2, 0.25) is 0 Å². The van der Waals surface area contributed by atoms with Gasteiger partial charge in [-0.2, -0.15) is 0 Å². The van der Waals surface area contributed by atoms with Gasteiger partial charge in [-0.25, -0.2) is 4.39 Å². The van der Waals surface area contributed by atoms with Crippen LogP contribution in [0.3, 0.4) is 0 Å². The molecular formula is C19H27FIN3OS. The highest BCUT2D eigenvalue weighted by Gasteiger charge is 2.22. The van der Waals surface area contributed by atoms with Crippen LogP contribution in [0.25, 0.3) is 0 Å². The summed E-state index contributed by atoms with van der Waals surface area (Å²) in [5.41, 5.74) is 0.939. The van der Waals surface area contributed by atoms with E-state index in [1.807, 2.05) is 0 Å². The van der Waals surface area contributed by atoms with Crippen LogP contribution in [-0.4, -0.2) is 33.2 Å². The molecule has 7 heteroatoms. The number of hydrogen-bond donors (Lipinski definition) is 2. The van der Waals surface area contributed by atoms with E-state index >= 15 is 0 Å². The molecule has 0 aliphatic rings. The molecular weight excluding hydrogens is 464 g/mol. The number of nitrogens with one attached hydrogen (secondary N) is 2. The first-order valence-corrected chi connectivity index (χ1v) is 9.11. The zero-order chi connectivity index (χ0) is 18.3. The van der Waals surface area contributed by atoms with Gasteiger partial charge in [-0.05, 0) is 29.1 Å².